The summed E-state index contributed by atoms with van der Waals surface area (Å²) in [4.78, 5) is 15.6. The highest BCUT2D eigenvalue weighted by Crippen LogP contribution is 2.35. The van der Waals surface area contributed by atoms with Gasteiger partial charge >= 0.3 is 0 Å². The average molecular weight is 639 g/mol. The third-order valence-electron chi connectivity index (χ3n) is 9.83. The molecule has 4 nitrogen and oxygen atoms in total. The van der Waals surface area contributed by atoms with E-state index >= 15 is 0 Å². The fourth-order valence-electron chi connectivity index (χ4n) is 7.27. The number of aromatic nitrogens is 3. The molecular weight excluding hydrogens is 609 g/mol. The van der Waals surface area contributed by atoms with E-state index in [2.05, 4.69) is 156 Å². The summed E-state index contributed by atoms with van der Waals surface area (Å²) >= 11 is 0. The van der Waals surface area contributed by atoms with Crippen LogP contribution in [0.1, 0.15) is 23.1 Å². The topological polar surface area (TPSA) is 42.5 Å². The quantitative estimate of drug-likeness (QED) is 0.192. The van der Waals surface area contributed by atoms with Gasteiger partial charge in [0.05, 0.1) is 28.1 Å². The lowest BCUT2D eigenvalue weighted by Gasteiger charge is -2.10. The van der Waals surface area contributed by atoms with Crippen LogP contribution in [0.5, 0.6) is 0 Å². The molecule has 0 saturated heterocycles. The highest BCUT2D eigenvalue weighted by molar-refractivity contribution is 6.16. The molecule has 0 unspecified atom stereocenters. The molecule has 1 aliphatic heterocycles. The molecular formula is C46H30N4. The predicted octanol–water partition coefficient (Wildman–Crippen LogP) is 11.3. The predicted molar refractivity (Wildman–Crippen MR) is 208 cm³/mol. The van der Waals surface area contributed by atoms with Gasteiger partial charge in [0, 0.05) is 28.3 Å². The van der Waals surface area contributed by atoms with Crippen molar-refractivity contribution in [2.24, 2.45) is 4.99 Å². The zero-order valence-corrected chi connectivity index (χ0v) is 27.2. The molecule has 0 aliphatic carbocycles. The summed E-state index contributed by atoms with van der Waals surface area (Å²) in [5.74, 6) is 0. The summed E-state index contributed by atoms with van der Waals surface area (Å²) in [6.07, 6.45) is 7.36. The summed E-state index contributed by atoms with van der Waals surface area (Å²) in [5.41, 5.74) is 12.4. The number of para-hydroxylation sites is 1. The Morgan fingerprint density at radius 2 is 1.16 bits per heavy atom. The second kappa shape index (κ2) is 11.5. The zero-order valence-electron chi connectivity index (χ0n) is 27.2. The van der Waals surface area contributed by atoms with Crippen LogP contribution in [0.3, 0.4) is 0 Å². The first kappa shape index (κ1) is 28.4. The van der Waals surface area contributed by atoms with Gasteiger partial charge in [0.1, 0.15) is 11.2 Å². The largest absolute Gasteiger partial charge is 0.298 e. The van der Waals surface area contributed by atoms with Crippen LogP contribution in [0.15, 0.2) is 175 Å². The third kappa shape index (κ3) is 4.81. The molecule has 6 aromatic carbocycles. The lowest BCUT2D eigenvalue weighted by atomic mass is 9.96. The lowest BCUT2D eigenvalue weighted by Crippen LogP contribution is -1.99. The first-order valence-electron chi connectivity index (χ1n) is 17.0. The number of allylic oxidation sites excluding steroid dienone is 3. The molecule has 9 aromatic rings. The molecule has 0 fully saturated rings. The van der Waals surface area contributed by atoms with Gasteiger partial charge in [0.2, 0.25) is 0 Å². The number of hydrogen-bond acceptors (Lipinski definition) is 3. The monoisotopic (exact) mass is 638 g/mol. The van der Waals surface area contributed by atoms with Crippen molar-refractivity contribution in [1.82, 2.24) is 14.4 Å². The van der Waals surface area contributed by atoms with Gasteiger partial charge in [-0.3, -0.25) is 4.40 Å². The van der Waals surface area contributed by atoms with Crippen molar-refractivity contribution in [3.05, 3.63) is 187 Å². The molecule has 0 N–H and O–H groups in total. The normalized spacial score (nSPS) is 13.5. The standard InChI is InChI=1S/C46H30N4/c1-3-11-34-27-37(22-18-30(34)9-1)40-25-24-36(29-42(47-40)38-23-19-31-10-2-4-12-35(31)28-38)32-16-20-33(21-17-32)44-46-45(39-13-5-6-14-41(39)48-44)49-43-15-7-8-26-50(43)46/h1-23,25-29H,24H2. The summed E-state index contributed by atoms with van der Waals surface area (Å²) in [6.45, 7) is 0. The van der Waals surface area contributed by atoms with E-state index in [0.717, 1.165) is 73.4 Å². The van der Waals surface area contributed by atoms with E-state index in [4.69, 9.17) is 15.0 Å². The van der Waals surface area contributed by atoms with Crippen LogP contribution in [0.2, 0.25) is 0 Å². The van der Waals surface area contributed by atoms with Crippen molar-refractivity contribution in [2.75, 3.05) is 0 Å². The lowest BCUT2D eigenvalue weighted by molar-refractivity contribution is 1.22. The average Bonchev–Trinajstić information content (AvgIpc) is 3.43. The number of benzene rings is 6. The minimum Gasteiger partial charge on any atom is -0.298 e. The van der Waals surface area contributed by atoms with E-state index < -0.39 is 0 Å². The molecule has 0 saturated carbocycles. The number of rotatable bonds is 4. The first-order valence-corrected chi connectivity index (χ1v) is 17.0. The molecule has 50 heavy (non-hydrogen) atoms. The summed E-state index contributed by atoms with van der Waals surface area (Å²) in [6, 6.07) is 53.5. The minimum atomic E-state index is 0.758. The zero-order chi connectivity index (χ0) is 33.0. The number of hydrogen-bond donors (Lipinski definition) is 0. The van der Waals surface area contributed by atoms with Crippen LogP contribution in [-0.4, -0.2) is 20.1 Å². The van der Waals surface area contributed by atoms with Gasteiger partial charge in [-0.15, -0.1) is 0 Å². The van der Waals surface area contributed by atoms with E-state index in [9.17, 15) is 0 Å². The van der Waals surface area contributed by atoms with Crippen LogP contribution in [0.25, 0.3) is 71.7 Å². The minimum absolute atomic E-state index is 0.758. The summed E-state index contributed by atoms with van der Waals surface area (Å²) in [7, 11) is 0. The van der Waals surface area contributed by atoms with E-state index in [-0.39, 0.29) is 0 Å². The number of imidazole rings is 1. The maximum atomic E-state index is 5.34. The highest BCUT2D eigenvalue weighted by Gasteiger charge is 2.18. The second-order valence-electron chi connectivity index (χ2n) is 12.9. The fourth-order valence-corrected chi connectivity index (χ4v) is 7.27. The van der Waals surface area contributed by atoms with Gasteiger partial charge in [-0.1, -0.05) is 127 Å². The van der Waals surface area contributed by atoms with Crippen LogP contribution in [0.4, 0.5) is 0 Å². The molecule has 3 aromatic heterocycles. The van der Waals surface area contributed by atoms with E-state index in [0.29, 0.717) is 0 Å². The molecule has 10 rings (SSSR count). The molecule has 0 atom stereocenters. The van der Waals surface area contributed by atoms with E-state index in [1.54, 1.807) is 0 Å². The van der Waals surface area contributed by atoms with Crippen LogP contribution < -0.4 is 0 Å². The number of nitrogens with zero attached hydrogens (tertiary/aromatic N) is 4. The number of pyridine rings is 2. The molecule has 4 heterocycles. The van der Waals surface area contributed by atoms with Crippen molar-refractivity contribution >= 4 is 66.1 Å². The van der Waals surface area contributed by atoms with Gasteiger partial charge in [-0.05, 0) is 75.5 Å². The number of aliphatic imine (C=N–C) groups is 1. The first-order chi connectivity index (χ1) is 24.7. The summed E-state index contributed by atoms with van der Waals surface area (Å²) in [5, 5.41) is 5.92. The van der Waals surface area contributed by atoms with Crippen LogP contribution >= 0.6 is 0 Å². The van der Waals surface area contributed by atoms with Gasteiger partial charge in [0.15, 0.2) is 0 Å². The third-order valence-corrected chi connectivity index (χ3v) is 9.83. The second-order valence-corrected chi connectivity index (χ2v) is 12.9. The van der Waals surface area contributed by atoms with Gasteiger partial charge in [0.25, 0.3) is 0 Å². The Morgan fingerprint density at radius 3 is 1.96 bits per heavy atom. The van der Waals surface area contributed by atoms with Crippen molar-refractivity contribution in [2.45, 2.75) is 6.42 Å². The highest BCUT2D eigenvalue weighted by atomic mass is 15.0. The molecule has 234 valence electrons. The van der Waals surface area contributed by atoms with E-state index in [1.165, 1.54) is 27.1 Å². The Morgan fingerprint density at radius 1 is 0.520 bits per heavy atom. The Hall–Kier alpha value is -6.65. The van der Waals surface area contributed by atoms with Crippen LogP contribution in [0, 0.1) is 0 Å². The van der Waals surface area contributed by atoms with Gasteiger partial charge < -0.3 is 0 Å². The maximum Gasteiger partial charge on any atom is 0.137 e. The van der Waals surface area contributed by atoms with Crippen molar-refractivity contribution in [3.8, 4) is 11.3 Å². The SMILES string of the molecule is C1=C(c2ccc(-c3nc4ccccc4c4nc5ccccn5c34)cc2)CC=C(c2ccc3ccccc3c2)N=C1c1ccc2ccccc2c1. The van der Waals surface area contributed by atoms with Gasteiger partial charge in [-0.2, -0.15) is 0 Å². The van der Waals surface area contributed by atoms with Gasteiger partial charge in [-0.25, -0.2) is 15.0 Å². The summed E-state index contributed by atoms with van der Waals surface area (Å²) < 4.78 is 2.15. The molecule has 0 amide bonds. The smallest absolute Gasteiger partial charge is 0.137 e. The molecule has 1 aliphatic rings. The van der Waals surface area contributed by atoms with Crippen molar-refractivity contribution < 1.29 is 0 Å². The van der Waals surface area contributed by atoms with Crippen molar-refractivity contribution in [3.63, 3.8) is 0 Å². The number of fused-ring (bicyclic) bond motifs is 7. The Bertz CT molecular complexity index is 2890. The Labute approximate surface area is 289 Å². The fraction of sp³-hybridized carbons (Fsp3) is 0.0217. The molecule has 0 bridgehead atoms. The molecule has 0 radical (unpaired) electrons. The van der Waals surface area contributed by atoms with Crippen LogP contribution in [-0.2, 0) is 0 Å². The Kier molecular flexibility index (Phi) is 6.53. The Balaban J connectivity index is 1.09. The molecule has 0 spiro atoms. The van der Waals surface area contributed by atoms with E-state index in [1.807, 2.05) is 18.2 Å². The van der Waals surface area contributed by atoms with Crippen molar-refractivity contribution in [1.29, 1.82) is 0 Å². The molecule has 4 heteroatoms. The maximum absolute atomic E-state index is 5.34.